The zero-order chi connectivity index (χ0) is 22.7. The Morgan fingerprint density at radius 2 is 1.93 bits per heavy atom. The molecule has 0 unspecified atom stereocenters. The molecule has 1 aromatic carbocycles. The molecule has 1 atom stereocenters. The van der Waals surface area contributed by atoms with Gasteiger partial charge in [0.1, 0.15) is 11.9 Å². The number of aliphatic hydroxyl groups is 1. The third kappa shape index (κ3) is 8.18. The monoisotopic (exact) mass is 427 g/mol. The highest BCUT2D eigenvalue weighted by atomic mass is 19.1. The summed E-state index contributed by atoms with van der Waals surface area (Å²) in [5.74, 6) is -4.32. The normalized spacial score (nSPS) is 11.3. The average Bonchev–Trinajstić information content (AvgIpc) is 2.69. The molecule has 0 spiro atoms. The fourth-order valence-corrected chi connectivity index (χ4v) is 2.25. The first-order valence-corrected chi connectivity index (χ1v) is 8.84. The van der Waals surface area contributed by atoms with Crippen molar-refractivity contribution in [1.29, 1.82) is 0 Å². The molecule has 13 heteroatoms. The number of amides is 4. The summed E-state index contributed by atoms with van der Waals surface area (Å²) in [6, 6.07) is 0.970. The number of halogens is 1. The van der Waals surface area contributed by atoms with Crippen LogP contribution in [0.15, 0.2) is 18.2 Å². The maximum atomic E-state index is 13.9. The summed E-state index contributed by atoms with van der Waals surface area (Å²) in [6.07, 6.45) is -0.209. The van der Waals surface area contributed by atoms with Crippen LogP contribution in [0.4, 0.5) is 10.1 Å². The maximum Gasteiger partial charge on any atom is 0.270 e. The van der Waals surface area contributed by atoms with Crippen LogP contribution < -0.4 is 21.7 Å². The molecule has 1 rings (SSSR count). The predicted molar refractivity (Wildman–Crippen MR) is 100 cm³/mol. The van der Waals surface area contributed by atoms with Crippen molar-refractivity contribution in [3.05, 3.63) is 39.7 Å². The number of rotatable bonds is 12. The van der Waals surface area contributed by atoms with E-state index in [-0.39, 0.29) is 26.0 Å². The fraction of sp³-hybridized carbons (Fsp3) is 0.412. The summed E-state index contributed by atoms with van der Waals surface area (Å²) < 4.78 is 13.9. The summed E-state index contributed by atoms with van der Waals surface area (Å²) in [4.78, 5) is 57.3. The second-order valence-electron chi connectivity index (χ2n) is 6.10. The largest absolute Gasteiger partial charge is 0.396 e. The van der Waals surface area contributed by atoms with Crippen molar-refractivity contribution in [3.8, 4) is 0 Å². The standard InChI is InChI=1S/C17H22FN5O7/c18-12-3-2-10(23(29)30)8-11(12)16(27)22-13(4-5-14(19)25)17(28)21-9-15(26)20-6-1-7-24/h2-3,8,13,24H,1,4-7,9H2,(H2,19,25)(H,20,26)(H,21,28)(H,22,27)/t13-/m0/s1. The van der Waals surface area contributed by atoms with Gasteiger partial charge >= 0.3 is 0 Å². The molecule has 0 bridgehead atoms. The zero-order valence-electron chi connectivity index (χ0n) is 15.9. The molecule has 0 fully saturated rings. The molecule has 0 aliphatic heterocycles. The van der Waals surface area contributed by atoms with Gasteiger partial charge in [0, 0.05) is 31.7 Å². The van der Waals surface area contributed by atoms with E-state index in [1.165, 1.54) is 0 Å². The lowest BCUT2D eigenvalue weighted by Crippen LogP contribution is -2.49. The quantitative estimate of drug-likeness (QED) is 0.155. The molecule has 0 radical (unpaired) electrons. The van der Waals surface area contributed by atoms with Crippen LogP contribution in [0, 0.1) is 15.9 Å². The van der Waals surface area contributed by atoms with E-state index in [2.05, 4.69) is 16.0 Å². The SMILES string of the molecule is NC(=O)CC[C@H](NC(=O)c1cc([N+](=O)[O-])ccc1F)C(=O)NCC(=O)NCCCO. The number of non-ortho nitro benzene ring substituents is 1. The van der Waals surface area contributed by atoms with Gasteiger partial charge in [-0.3, -0.25) is 29.3 Å². The van der Waals surface area contributed by atoms with Crippen molar-refractivity contribution >= 4 is 29.3 Å². The average molecular weight is 427 g/mol. The summed E-state index contributed by atoms with van der Waals surface area (Å²) >= 11 is 0. The van der Waals surface area contributed by atoms with E-state index < -0.39 is 58.2 Å². The van der Waals surface area contributed by atoms with Gasteiger partial charge in [0.2, 0.25) is 17.7 Å². The number of hydrogen-bond donors (Lipinski definition) is 5. The first kappa shape index (κ1) is 24.4. The molecular weight excluding hydrogens is 405 g/mol. The Morgan fingerprint density at radius 3 is 2.53 bits per heavy atom. The van der Waals surface area contributed by atoms with Crippen molar-refractivity contribution in [2.24, 2.45) is 5.73 Å². The highest BCUT2D eigenvalue weighted by Gasteiger charge is 2.25. The highest BCUT2D eigenvalue weighted by Crippen LogP contribution is 2.17. The number of carbonyl (C=O) groups excluding carboxylic acids is 4. The number of nitro groups is 1. The molecule has 0 heterocycles. The summed E-state index contributed by atoms with van der Waals surface area (Å²) in [7, 11) is 0. The third-order valence-electron chi connectivity index (χ3n) is 3.79. The van der Waals surface area contributed by atoms with Crippen LogP contribution in [-0.4, -0.2) is 59.4 Å². The molecule has 4 amide bonds. The lowest BCUT2D eigenvalue weighted by Gasteiger charge is -2.18. The van der Waals surface area contributed by atoms with Crippen LogP contribution in [0.5, 0.6) is 0 Å². The number of nitrogens with two attached hydrogens (primary N) is 1. The van der Waals surface area contributed by atoms with Crippen LogP contribution >= 0.6 is 0 Å². The Bertz CT molecular complexity index is 818. The second-order valence-corrected chi connectivity index (χ2v) is 6.10. The van der Waals surface area contributed by atoms with E-state index in [0.717, 1.165) is 12.1 Å². The highest BCUT2D eigenvalue weighted by molar-refractivity contribution is 5.98. The van der Waals surface area contributed by atoms with Gasteiger partial charge in [-0.05, 0) is 18.9 Å². The molecule has 30 heavy (non-hydrogen) atoms. The van der Waals surface area contributed by atoms with Crippen molar-refractivity contribution in [2.45, 2.75) is 25.3 Å². The van der Waals surface area contributed by atoms with Gasteiger partial charge in [-0.1, -0.05) is 0 Å². The number of nitro benzene ring substituents is 1. The van der Waals surface area contributed by atoms with E-state index in [4.69, 9.17) is 10.8 Å². The number of carbonyl (C=O) groups is 4. The van der Waals surface area contributed by atoms with Crippen LogP contribution in [0.3, 0.4) is 0 Å². The van der Waals surface area contributed by atoms with E-state index >= 15 is 0 Å². The van der Waals surface area contributed by atoms with Gasteiger partial charge < -0.3 is 26.8 Å². The van der Waals surface area contributed by atoms with Crippen molar-refractivity contribution in [2.75, 3.05) is 19.7 Å². The van der Waals surface area contributed by atoms with Gasteiger partial charge in [-0.15, -0.1) is 0 Å². The van der Waals surface area contributed by atoms with E-state index in [1.54, 1.807) is 0 Å². The number of benzene rings is 1. The lowest BCUT2D eigenvalue weighted by atomic mass is 10.1. The maximum absolute atomic E-state index is 13.9. The van der Waals surface area contributed by atoms with Crippen molar-refractivity contribution in [3.63, 3.8) is 0 Å². The van der Waals surface area contributed by atoms with Gasteiger partial charge in [-0.2, -0.15) is 0 Å². The molecule has 164 valence electrons. The Labute approximate surface area is 170 Å². The first-order valence-electron chi connectivity index (χ1n) is 8.84. The third-order valence-corrected chi connectivity index (χ3v) is 3.79. The number of aliphatic hydroxyl groups excluding tert-OH is 1. The fourth-order valence-electron chi connectivity index (χ4n) is 2.25. The van der Waals surface area contributed by atoms with Gasteiger partial charge in [0.05, 0.1) is 17.0 Å². The summed E-state index contributed by atoms with van der Waals surface area (Å²) in [5, 5.41) is 26.3. The molecule has 0 aliphatic rings. The van der Waals surface area contributed by atoms with Gasteiger partial charge in [0.15, 0.2) is 0 Å². The number of nitrogens with zero attached hydrogens (tertiary/aromatic N) is 1. The number of primary amides is 1. The van der Waals surface area contributed by atoms with Crippen molar-refractivity contribution < 1.29 is 33.6 Å². The first-order chi connectivity index (χ1) is 14.1. The predicted octanol–water partition coefficient (Wildman–Crippen LogP) is -1.29. The van der Waals surface area contributed by atoms with E-state index in [1.807, 2.05) is 0 Å². The summed E-state index contributed by atoms with van der Waals surface area (Å²) in [6.45, 7) is -0.375. The Kier molecular flexibility index (Phi) is 9.82. The zero-order valence-corrected chi connectivity index (χ0v) is 15.9. The molecule has 0 saturated carbocycles. The Hall–Kier alpha value is -3.61. The molecule has 0 saturated heterocycles. The van der Waals surface area contributed by atoms with Crippen LogP contribution in [0.2, 0.25) is 0 Å². The topological polar surface area (TPSA) is 194 Å². The molecule has 6 N–H and O–H groups in total. The second kappa shape index (κ2) is 12.1. The minimum atomic E-state index is -1.35. The minimum absolute atomic E-state index is 0.123. The van der Waals surface area contributed by atoms with E-state index in [9.17, 15) is 33.7 Å². The Morgan fingerprint density at radius 1 is 1.23 bits per heavy atom. The minimum Gasteiger partial charge on any atom is -0.396 e. The lowest BCUT2D eigenvalue weighted by molar-refractivity contribution is -0.384. The van der Waals surface area contributed by atoms with Crippen molar-refractivity contribution in [1.82, 2.24) is 16.0 Å². The smallest absolute Gasteiger partial charge is 0.270 e. The van der Waals surface area contributed by atoms with E-state index in [0.29, 0.717) is 12.5 Å². The van der Waals surface area contributed by atoms with Gasteiger partial charge in [-0.25, -0.2) is 4.39 Å². The molecular formula is C17H22FN5O7. The van der Waals surface area contributed by atoms with Crippen LogP contribution in [0.25, 0.3) is 0 Å². The number of hydrogen-bond acceptors (Lipinski definition) is 7. The molecule has 0 aliphatic carbocycles. The molecule has 0 aromatic heterocycles. The molecule has 12 nitrogen and oxygen atoms in total. The van der Waals surface area contributed by atoms with Crippen LogP contribution in [0.1, 0.15) is 29.6 Å². The number of nitrogens with one attached hydrogen (secondary N) is 3. The van der Waals surface area contributed by atoms with Crippen LogP contribution in [-0.2, 0) is 14.4 Å². The molecule has 1 aromatic rings. The summed E-state index contributed by atoms with van der Waals surface area (Å²) in [5.41, 5.74) is 3.85. The van der Waals surface area contributed by atoms with Gasteiger partial charge in [0.25, 0.3) is 11.6 Å². The Balaban J connectivity index is 2.84.